The second-order valence-corrected chi connectivity index (χ2v) is 8.01. The molecule has 0 saturated carbocycles. The lowest BCUT2D eigenvalue weighted by molar-refractivity contribution is 0.0963. The number of rotatable bonds is 2. The number of aliphatic imine (C=N–C) groups is 1. The number of thiazole rings is 1. The van der Waals surface area contributed by atoms with E-state index in [2.05, 4.69) is 41.5 Å². The van der Waals surface area contributed by atoms with Crippen molar-refractivity contribution in [3.63, 3.8) is 0 Å². The molecule has 2 heterocycles. The van der Waals surface area contributed by atoms with Gasteiger partial charge in [0.1, 0.15) is 0 Å². The highest BCUT2D eigenvalue weighted by molar-refractivity contribution is 8.13. The maximum Gasteiger partial charge on any atom is 0.208 e. The predicted octanol–water partition coefficient (Wildman–Crippen LogP) is 3.13. The molecular weight excluding hydrogens is 316 g/mol. The van der Waals surface area contributed by atoms with E-state index in [0.29, 0.717) is 5.17 Å². The number of hydrogen-bond donors (Lipinski definition) is 0. The molecule has 1 atom stereocenters. The van der Waals surface area contributed by atoms with Crippen molar-refractivity contribution < 1.29 is 4.74 Å². The third-order valence-electron chi connectivity index (χ3n) is 3.40. The summed E-state index contributed by atoms with van der Waals surface area (Å²) in [4.78, 5) is 10.5. The highest BCUT2D eigenvalue weighted by atomic mass is 32.2. The monoisotopic (exact) mass is 338 g/mol. The van der Waals surface area contributed by atoms with E-state index in [0.717, 1.165) is 30.8 Å². The summed E-state index contributed by atoms with van der Waals surface area (Å²) in [5.74, 6) is 0. The molecule has 5 nitrogen and oxygen atoms in total. The Morgan fingerprint density at radius 1 is 1.59 bits per heavy atom. The summed E-state index contributed by atoms with van der Waals surface area (Å²) >= 11 is 3.04. The molecule has 7 heteroatoms. The molecule has 1 aliphatic heterocycles. The number of nitrogens with zero attached hydrogens (tertiary/aromatic N) is 4. The Labute approximate surface area is 139 Å². The first kappa shape index (κ1) is 17.3. The highest BCUT2D eigenvalue weighted by Crippen LogP contribution is 2.25. The zero-order chi connectivity index (χ0) is 16.2. The minimum atomic E-state index is 0.0720. The Morgan fingerprint density at radius 3 is 2.91 bits per heavy atom. The Balaban J connectivity index is 2.41. The minimum Gasteiger partial charge on any atom is -0.376 e. The maximum atomic E-state index is 8.75. The topological polar surface area (TPSA) is 62.7 Å². The van der Waals surface area contributed by atoms with Crippen molar-refractivity contribution in [2.24, 2.45) is 9.98 Å². The molecule has 1 aromatic rings. The molecule has 0 N–H and O–H groups in total. The van der Waals surface area contributed by atoms with Crippen molar-refractivity contribution in [2.45, 2.75) is 51.7 Å². The zero-order valence-electron chi connectivity index (χ0n) is 13.5. The van der Waals surface area contributed by atoms with E-state index in [1.807, 2.05) is 12.4 Å². The summed E-state index contributed by atoms with van der Waals surface area (Å²) in [5, 5.41) is 9.24. The molecule has 22 heavy (non-hydrogen) atoms. The Morgan fingerprint density at radius 2 is 2.36 bits per heavy atom. The molecule has 1 aliphatic rings. The summed E-state index contributed by atoms with van der Waals surface area (Å²) < 4.78 is 7.88. The van der Waals surface area contributed by atoms with Crippen LogP contribution in [0.3, 0.4) is 0 Å². The van der Waals surface area contributed by atoms with Crippen molar-refractivity contribution in [1.82, 2.24) is 4.57 Å². The van der Waals surface area contributed by atoms with E-state index in [-0.39, 0.29) is 11.5 Å². The Kier molecular flexibility index (Phi) is 5.84. The van der Waals surface area contributed by atoms with Crippen molar-refractivity contribution in [1.29, 1.82) is 5.26 Å². The highest BCUT2D eigenvalue weighted by Gasteiger charge is 2.21. The van der Waals surface area contributed by atoms with Gasteiger partial charge in [0.2, 0.25) is 11.4 Å². The van der Waals surface area contributed by atoms with Gasteiger partial charge in [-0.1, -0.05) is 32.5 Å². The van der Waals surface area contributed by atoms with Gasteiger partial charge in [-0.25, -0.2) is 0 Å². The van der Waals surface area contributed by atoms with Crippen LogP contribution in [0.2, 0.25) is 0 Å². The van der Waals surface area contributed by atoms with Gasteiger partial charge in [0, 0.05) is 17.7 Å². The second kappa shape index (κ2) is 7.44. The zero-order valence-corrected chi connectivity index (χ0v) is 15.1. The van der Waals surface area contributed by atoms with Crippen molar-refractivity contribution in [3.8, 4) is 6.19 Å². The van der Waals surface area contributed by atoms with Crippen LogP contribution < -0.4 is 4.80 Å². The number of ether oxygens (including phenoxy) is 1. The van der Waals surface area contributed by atoms with Crippen LogP contribution in [0, 0.1) is 11.5 Å². The lowest BCUT2D eigenvalue weighted by Gasteiger charge is -2.15. The summed E-state index contributed by atoms with van der Waals surface area (Å²) in [6.45, 7) is 8.23. The van der Waals surface area contributed by atoms with Gasteiger partial charge in [-0.05, 0) is 24.5 Å². The van der Waals surface area contributed by atoms with Gasteiger partial charge in [-0.3, -0.25) is 0 Å². The largest absolute Gasteiger partial charge is 0.376 e. The van der Waals surface area contributed by atoms with Gasteiger partial charge >= 0.3 is 0 Å². The molecule has 0 unspecified atom stereocenters. The molecular formula is C15H22N4OS2. The minimum absolute atomic E-state index is 0.0720. The molecule has 0 spiro atoms. The van der Waals surface area contributed by atoms with Crippen LogP contribution in [-0.2, 0) is 16.7 Å². The van der Waals surface area contributed by atoms with Crippen molar-refractivity contribution in [2.75, 3.05) is 12.9 Å². The third-order valence-corrected chi connectivity index (χ3v) is 5.40. The van der Waals surface area contributed by atoms with Gasteiger partial charge in [0.05, 0.1) is 12.6 Å². The third kappa shape index (κ3) is 4.45. The quantitative estimate of drug-likeness (QED) is 0.473. The normalized spacial score (nSPS) is 20.4. The van der Waals surface area contributed by atoms with Crippen LogP contribution >= 0.6 is 23.1 Å². The van der Waals surface area contributed by atoms with Gasteiger partial charge in [0.25, 0.3) is 0 Å². The van der Waals surface area contributed by atoms with Crippen LogP contribution in [0.4, 0.5) is 0 Å². The van der Waals surface area contributed by atoms with Crippen LogP contribution in [0.15, 0.2) is 16.2 Å². The summed E-state index contributed by atoms with van der Waals surface area (Å²) in [6, 6.07) is 0. The molecule has 1 saturated heterocycles. The van der Waals surface area contributed by atoms with E-state index in [1.54, 1.807) is 11.3 Å². The first-order valence-corrected chi connectivity index (χ1v) is 9.36. The summed E-state index contributed by atoms with van der Waals surface area (Å²) in [6.07, 6.45) is 8.33. The SMILES string of the molecule is CSC(=N\C#N)/N=c1\sc(C(C)(C)C)cn1C[C@H]1CCCO1. The molecule has 0 bridgehead atoms. The molecule has 120 valence electrons. The molecule has 2 rings (SSSR count). The number of aromatic nitrogens is 1. The molecule has 0 radical (unpaired) electrons. The first-order chi connectivity index (χ1) is 10.4. The van der Waals surface area contributed by atoms with Crippen LogP contribution in [0.5, 0.6) is 0 Å². The van der Waals surface area contributed by atoms with E-state index in [4.69, 9.17) is 10.00 Å². The average molecular weight is 339 g/mol. The van der Waals surface area contributed by atoms with E-state index >= 15 is 0 Å². The average Bonchev–Trinajstić information content (AvgIpc) is 3.08. The maximum absolute atomic E-state index is 8.75. The van der Waals surface area contributed by atoms with Crippen LogP contribution in [0.1, 0.15) is 38.5 Å². The molecule has 1 fully saturated rings. The Hall–Kier alpha value is -1.10. The van der Waals surface area contributed by atoms with E-state index < -0.39 is 0 Å². The van der Waals surface area contributed by atoms with Crippen molar-refractivity contribution in [3.05, 3.63) is 15.9 Å². The second-order valence-electron chi connectivity index (χ2n) is 6.23. The van der Waals surface area contributed by atoms with Crippen LogP contribution in [-0.4, -0.2) is 28.7 Å². The van der Waals surface area contributed by atoms with Crippen LogP contribution in [0.25, 0.3) is 0 Å². The molecule has 0 aromatic carbocycles. The molecule has 1 aromatic heterocycles. The van der Waals surface area contributed by atoms with Gasteiger partial charge in [-0.15, -0.1) is 16.3 Å². The number of amidine groups is 1. The summed E-state index contributed by atoms with van der Waals surface area (Å²) in [7, 11) is 0. The molecule has 0 aliphatic carbocycles. The van der Waals surface area contributed by atoms with Gasteiger partial charge in [-0.2, -0.15) is 10.3 Å². The fourth-order valence-electron chi connectivity index (χ4n) is 2.19. The van der Waals surface area contributed by atoms with E-state index in [9.17, 15) is 0 Å². The Bertz CT molecular complexity index is 640. The lowest BCUT2D eigenvalue weighted by Crippen LogP contribution is -2.23. The first-order valence-electron chi connectivity index (χ1n) is 7.32. The fraction of sp³-hybridized carbons (Fsp3) is 0.667. The predicted molar refractivity (Wildman–Crippen MR) is 92.1 cm³/mol. The smallest absolute Gasteiger partial charge is 0.208 e. The number of thioether (sulfide) groups is 1. The van der Waals surface area contributed by atoms with Crippen molar-refractivity contribution >= 4 is 28.3 Å². The fourth-order valence-corrected chi connectivity index (χ4v) is 3.62. The van der Waals surface area contributed by atoms with Gasteiger partial charge in [0.15, 0.2) is 4.80 Å². The summed E-state index contributed by atoms with van der Waals surface area (Å²) in [5.41, 5.74) is 0.0720. The van der Waals surface area contributed by atoms with Gasteiger partial charge < -0.3 is 9.30 Å². The number of hydrogen-bond acceptors (Lipinski definition) is 5. The lowest BCUT2D eigenvalue weighted by atomic mass is 9.95. The van der Waals surface area contributed by atoms with E-state index in [1.165, 1.54) is 16.6 Å². The standard InChI is InChI=1S/C15H22N4OS2/c1-15(2,3)12-9-19(8-11-6-5-7-20-11)14(22-12)18-13(21-4)17-10-16/h9,11H,5-8H2,1-4H3/b17-13-,18-14-/t11-/m1/s1. The number of nitriles is 1. The molecule has 0 amide bonds.